The first-order valence-electron chi connectivity index (χ1n) is 5.47. The van der Waals surface area contributed by atoms with Crippen molar-refractivity contribution >= 4 is 22.5 Å². The minimum Gasteiger partial charge on any atom is -0.352 e. The Kier molecular flexibility index (Phi) is 5.33. The van der Waals surface area contributed by atoms with E-state index in [0.717, 1.165) is 0 Å². The third-order valence-corrected chi connectivity index (χ3v) is 3.14. The summed E-state index contributed by atoms with van der Waals surface area (Å²) in [6.07, 6.45) is 2.93. The Bertz CT molecular complexity index is 578. The molecule has 0 aromatic carbocycles. The smallest absolute Gasteiger partial charge is 0.252 e. The molecule has 0 saturated carbocycles. The zero-order chi connectivity index (χ0) is 14.4. The number of carbonyl (C=O) groups excluding carboxylic acids is 2. The fraction of sp³-hybridized carbons (Fsp3) is 0.333. The minimum atomic E-state index is -1.38. The molecule has 1 aromatic rings. The third kappa shape index (κ3) is 4.26. The second kappa shape index (κ2) is 6.75. The summed E-state index contributed by atoms with van der Waals surface area (Å²) in [6.45, 7) is 1.67. The summed E-state index contributed by atoms with van der Waals surface area (Å²) in [5, 5.41) is 11.6. The third-order valence-electron chi connectivity index (χ3n) is 2.27. The minimum absolute atomic E-state index is 0.0205. The van der Waals surface area contributed by atoms with Crippen LogP contribution >= 0.6 is 0 Å². The molecule has 1 heterocycles. The van der Waals surface area contributed by atoms with Crippen molar-refractivity contribution in [1.82, 2.24) is 10.3 Å². The molecule has 0 aliphatic carbocycles. The summed E-state index contributed by atoms with van der Waals surface area (Å²) in [4.78, 5) is 26.3. The van der Waals surface area contributed by atoms with E-state index in [-0.39, 0.29) is 34.9 Å². The standard InChI is InChI=1S/C12H13N3O3S/c1-8(16)3-4-14-11(17)10-5-9(6-13)12(15-7-10)19(2)18/h5,7H,3-4H2,1-2H3,(H,14,17). The van der Waals surface area contributed by atoms with Crippen LogP contribution in [0, 0.1) is 11.3 Å². The van der Waals surface area contributed by atoms with Gasteiger partial charge in [0.25, 0.3) is 5.91 Å². The highest BCUT2D eigenvalue weighted by atomic mass is 32.2. The van der Waals surface area contributed by atoms with Crippen molar-refractivity contribution in [3.63, 3.8) is 0 Å². The van der Waals surface area contributed by atoms with Gasteiger partial charge in [-0.25, -0.2) is 4.98 Å². The van der Waals surface area contributed by atoms with Gasteiger partial charge >= 0.3 is 0 Å². The van der Waals surface area contributed by atoms with Crippen molar-refractivity contribution in [2.45, 2.75) is 18.4 Å². The van der Waals surface area contributed by atoms with Crippen LogP contribution in [-0.2, 0) is 15.6 Å². The molecule has 0 radical (unpaired) electrons. The fourth-order valence-corrected chi connectivity index (χ4v) is 1.96. The molecular formula is C12H13N3O3S. The van der Waals surface area contributed by atoms with Gasteiger partial charge in [0, 0.05) is 25.4 Å². The van der Waals surface area contributed by atoms with E-state index in [2.05, 4.69) is 10.3 Å². The Morgan fingerprint density at radius 1 is 1.53 bits per heavy atom. The van der Waals surface area contributed by atoms with E-state index >= 15 is 0 Å². The van der Waals surface area contributed by atoms with Crippen molar-refractivity contribution in [2.24, 2.45) is 0 Å². The number of nitrogens with one attached hydrogen (secondary N) is 1. The van der Waals surface area contributed by atoms with E-state index < -0.39 is 16.7 Å². The van der Waals surface area contributed by atoms with Crippen LogP contribution in [0.15, 0.2) is 17.3 Å². The lowest BCUT2D eigenvalue weighted by Gasteiger charge is -2.05. The van der Waals surface area contributed by atoms with Gasteiger partial charge in [-0.05, 0) is 13.0 Å². The molecule has 7 heteroatoms. The quantitative estimate of drug-likeness (QED) is 0.841. The van der Waals surface area contributed by atoms with Crippen molar-refractivity contribution < 1.29 is 13.8 Å². The molecule has 1 atom stereocenters. The average molecular weight is 279 g/mol. The van der Waals surface area contributed by atoms with Gasteiger partial charge in [0.05, 0.1) is 21.9 Å². The Morgan fingerprint density at radius 3 is 2.74 bits per heavy atom. The first kappa shape index (κ1) is 15.0. The number of carbonyl (C=O) groups is 2. The number of rotatable bonds is 5. The van der Waals surface area contributed by atoms with Gasteiger partial charge < -0.3 is 5.32 Å². The highest BCUT2D eigenvalue weighted by molar-refractivity contribution is 7.84. The number of Topliss-reactive ketones (excluding diaryl/α,β-unsaturated/α-hetero) is 1. The number of hydrogen-bond donors (Lipinski definition) is 1. The summed E-state index contributed by atoms with van der Waals surface area (Å²) in [7, 11) is -1.38. The van der Waals surface area contributed by atoms with Gasteiger partial charge in [0.1, 0.15) is 16.9 Å². The molecule has 0 fully saturated rings. The van der Waals surface area contributed by atoms with Crippen LogP contribution < -0.4 is 5.32 Å². The molecule has 6 nitrogen and oxygen atoms in total. The SMILES string of the molecule is CC(=O)CCNC(=O)c1cnc(S(C)=O)c(C#N)c1. The van der Waals surface area contributed by atoms with Crippen LogP contribution in [0.1, 0.15) is 29.3 Å². The van der Waals surface area contributed by atoms with Crippen LogP contribution in [0.2, 0.25) is 0 Å². The second-order valence-corrected chi connectivity index (χ2v) is 5.15. The van der Waals surface area contributed by atoms with Crippen molar-refractivity contribution in [1.29, 1.82) is 5.26 Å². The predicted octanol–water partition coefficient (Wildman–Crippen LogP) is 0.400. The molecule has 1 rings (SSSR count). The van der Waals surface area contributed by atoms with Crippen LogP contribution in [0.25, 0.3) is 0 Å². The van der Waals surface area contributed by atoms with E-state index in [1.165, 1.54) is 25.4 Å². The lowest BCUT2D eigenvalue weighted by Crippen LogP contribution is -2.26. The van der Waals surface area contributed by atoms with Crippen LogP contribution in [-0.4, -0.2) is 33.7 Å². The van der Waals surface area contributed by atoms with Gasteiger partial charge in [0.15, 0.2) is 0 Å². The maximum absolute atomic E-state index is 11.7. The summed E-state index contributed by atoms with van der Waals surface area (Å²) in [6, 6.07) is 3.20. The molecular weight excluding hydrogens is 266 g/mol. The molecule has 1 amide bonds. The summed E-state index contributed by atoms with van der Waals surface area (Å²) >= 11 is 0. The highest BCUT2D eigenvalue weighted by Gasteiger charge is 2.12. The molecule has 1 N–H and O–H groups in total. The van der Waals surface area contributed by atoms with Crippen molar-refractivity contribution in [3.05, 3.63) is 23.4 Å². The first-order chi connectivity index (χ1) is 8.95. The van der Waals surface area contributed by atoms with E-state index in [1.54, 1.807) is 0 Å². The summed E-state index contributed by atoms with van der Waals surface area (Å²) < 4.78 is 11.3. The van der Waals surface area contributed by atoms with E-state index in [4.69, 9.17) is 5.26 Å². The lowest BCUT2D eigenvalue weighted by atomic mass is 10.2. The van der Waals surface area contributed by atoms with Crippen LogP contribution in [0.5, 0.6) is 0 Å². The number of nitriles is 1. The van der Waals surface area contributed by atoms with Gasteiger partial charge in [-0.3, -0.25) is 13.8 Å². The number of ketones is 1. The zero-order valence-electron chi connectivity index (χ0n) is 10.6. The molecule has 0 bridgehead atoms. The number of aromatic nitrogens is 1. The Morgan fingerprint density at radius 2 is 2.21 bits per heavy atom. The normalized spacial score (nSPS) is 11.4. The molecule has 1 unspecified atom stereocenters. The molecule has 0 spiro atoms. The topological polar surface area (TPSA) is 99.9 Å². The number of amides is 1. The maximum Gasteiger partial charge on any atom is 0.252 e. The predicted molar refractivity (Wildman–Crippen MR) is 68.9 cm³/mol. The zero-order valence-corrected chi connectivity index (χ0v) is 11.4. The second-order valence-electron chi connectivity index (χ2n) is 3.85. The van der Waals surface area contributed by atoms with Crippen molar-refractivity contribution in [2.75, 3.05) is 12.8 Å². The van der Waals surface area contributed by atoms with Crippen LogP contribution in [0.3, 0.4) is 0 Å². The maximum atomic E-state index is 11.7. The highest BCUT2D eigenvalue weighted by Crippen LogP contribution is 2.11. The molecule has 0 saturated heterocycles. The van der Waals surface area contributed by atoms with E-state index in [9.17, 15) is 13.8 Å². The van der Waals surface area contributed by atoms with E-state index in [1.807, 2.05) is 6.07 Å². The lowest BCUT2D eigenvalue weighted by molar-refractivity contribution is -0.116. The summed E-state index contributed by atoms with van der Waals surface area (Å²) in [5.41, 5.74) is 0.314. The van der Waals surface area contributed by atoms with Gasteiger partial charge in [0.2, 0.25) is 0 Å². The van der Waals surface area contributed by atoms with Gasteiger partial charge in [-0.2, -0.15) is 5.26 Å². The number of pyridine rings is 1. The fourth-order valence-electron chi connectivity index (χ4n) is 1.34. The molecule has 1 aromatic heterocycles. The molecule has 0 aliphatic rings. The monoisotopic (exact) mass is 279 g/mol. The largest absolute Gasteiger partial charge is 0.352 e. The Balaban J connectivity index is 2.85. The number of hydrogen-bond acceptors (Lipinski definition) is 5. The molecule has 0 aliphatic heterocycles. The Labute approximate surface area is 113 Å². The van der Waals surface area contributed by atoms with Crippen molar-refractivity contribution in [3.8, 4) is 6.07 Å². The van der Waals surface area contributed by atoms with Gasteiger partial charge in [-0.15, -0.1) is 0 Å². The van der Waals surface area contributed by atoms with Gasteiger partial charge in [-0.1, -0.05) is 0 Å². The summed E-state index contributed by atoms with van der Waals surface area (Å²) in [5.74, 6) is -0.438. The molecule has 19 heavy (non-hydrogen) atoms. The van der Waals surface area contributed by atoms with E-state index in [0.29, 0.717) is 0 Å². The van der Waals surface area contributed by atoms with Crippen LogP contribution in [0.4, 0.5) is 0 Å². The average Bonchev–Trinajstić information content (AvgIpc) is 2.37. The number of nitrogens with zero attached hydrogens (tertiary/aromatic N) is 2. The molecule has 100 valence electrons. The first-order valence-corrected chi connectivity index (χ1v) is 7.02. The Hall–Kier alpha value is -2.07.